The number of rotatable bonds is 4. The van der Waals surface area contributed by atoms with Crippen molar-refractivity contribution < 1.29 is 4.79 Å². The van der Waals surface area contributed by atoms with Gasteiger partial charge in [-0.1, -0.05) is 36.9 Å². The van der Waals surface area contributed by atoms with Crippen molar-refractivity contribution in [3.8, 4) is 12.1 Å². The Kier molecular flexibility index (Phi) is 5.65. The maximum Gasteiger partial charge on any atom is 0.219 e. The molecule has 1 unspecified atom stereocenters. The van der Waals surface area contributed by atoms with Gasteiger partial charge in [0.1, 0.15) is 5.82 Å². The van der Waals surface area contributed by atoms with Crippen LogP contribution in [0.4, 0.5) is 5.13 Å². The van der Waals surface area contributed by atoms with E-state index in [1.54, 1.807) is 16.2 Å². The number of nitriles is 2. The average Bonchev–Trinajstić information content (AvgIpc) is 3.33. The summed E-state index contributed by atoms with van der Waals surface area (Å²) < 4.78 is 0.641. The Hall–Kier alpha value is -2.66. The molecule has 1 atom stereocenters. The summed E-state index contributed by atoms with van der Waals surface area (Å²) in [7, 11) is 0. The molecule has 2 aliphatic rings. The molecule has 3 heterocycles. The lowest BCUT2D eigenvalue weighted by atomic mass is 9.70. The summed E-state index contributed by atoms with van der Waals surface area (Å²) in [6, 6.07) is 8.32. The van der Waals surface area contributed by atoms with E-state index in [2.05, 4.69) is 36.2 Å². The molecule has 0 fully saturated rings. The minimum atomic E-state index is -0.459. The highest BCUT2D eigenvalue weighted by atomic mass is 32.2. The molecule has 31 heavy (non-hydrogen) atoms. The minimum absolute atomic E-state index is 0.0381. The molecule has 4 rings (SSSR count). The van der Waals surface area contributed by atoms with Crippen LogP contribution >= 0.6 is 34.4 Å². The van der Waals surface area contributed by atoms with Crippen molar-refractivity contribution in [2.24, 2.45) is 11.1 Å². The highest BCUT2D eigenvalue weighted by Crippen LogP contribution is 2.51. The van der Waals surface area contributed by atoms with Crippen LogP contribution < -0.4 is 10.6 Å². The van der Waals surface area contributed by atoms with Gasteiger partial charge in [-0.2, -0.15) is 10.5 Å². The van der Waals surface area contributed by atoms with Gasteiger partial charge in [0.25, 0.3) is 0 Å². The molecule has 0 bridgehead atoms. The maximum atomic E-state index is 13.4. The predicted molar refractivity (Wildman–Crippen MR) is 122 cm³/mol. The van der Waals surface area contributed by atoms with Gasteiger partial charge < -0.3 is 5.73 Å². The lowest BCUT2D eigenvalue weighted by Gasteiger charge is -2.42. The van der Waals surface area contributed by atoms with Crippen LogP contribution in [0.3, 0.4) is 0 Å². The third kappa shape index (κ3) is 3.87. The molecule has 0 radical (unpaired) electrons. The molecule has 2 N–H and O–H groups in total. The van der Waals surface area contributed by atoms with E-state index in [0.717, 1.165) is 15.5 Å². The van der Waals surface area contributed by atoms with Crippen LogP contribution in [0.5, 0.6) is 0 Å². The summed E-state index contributed by atoms with van der Waals surface area (Å²) in [5.74, 6) is 0.133. The van der Waals surface area contributed by atoms with Crippen LogP contribution in [0.25, 0.3) is 0 Å². The lowest BCUT2D eigenvalue weighted by molar-refractivity contribution is -0.118. The Morgan fingerprint density at radius 2 is 2.06 bits per heavy atom. The van der Waals surface area contributed by atoms with Crippen molar-refractivity contribution in [3.63, 3.8) is 0 Å². The molecule has 7 nitrogen and oxygen atoms in total. The highest BCUT2D eigenvalue weighted by molar-refractivity contribution is 8.01. The van der Waals surface area contributed by atoms with Gasteiger partial charge in [0.15, 0.2) is 10.1 Å². The van der Waals surface area contributed by atoms with Gasteiger partial charge in [-0.3, -0.25) is 9.69 Å². The molecule has 158 valence electrons. The van der Waals surface area contributed by atoms with Gasteiger partial charge in [-0.25, -0.2) is 0 Å². The molecular weight excluding hydrogens is 448 g/mol. The first-order valence-corrected chi connectivity index (χ1v) is 12.2. The number of anilines is 1. The first-order chi connectivity index (χ1) is 14.8. The summed E-state index contributed by atoms with van der Waals surface area (Å²) in [4.78, 5) is 17.2. The summed E-state index contributed by atoms with van der Waals surface area (Å²) in [5, 5.41) is 27.8. The van der Waals surface area contributed by atoms with Crippen molar-refractivity contribution in [1.82, 2.24) is 10.2 Å². The smallest absolute Gasteiger partial charge is 0.219 e. The Bertz CT molecular complexity index is 1210. The minimum Gasteiger partial charge on any atom is -0.384 e. The monoisotopic (exact) mass is 468 g/mol. The molecule has 1 aliphatic heterocycles. The molecule has 0 amide bonds. The average molecular weight is 469 g/mol. The summed E-state index contributed by atoms with van der Waals surface area (Å²) in [5.41, 5.74) is 8.12. The zero-order valence-electron chi connectivity index (χ0n) is 17.3. The fourth-order valence-electron chi connectivity index (χ4n) is 4.07. The van der Waals surface area contributed by atoms with Crippen LogP contribution in [0.1, 0.15) is 42.4 Å². The number of aryl methyl sites for hydroxylation is 1. The van der Waals surface area contributed by atoms with E-state index in [1.807, 2.05) is 19.1 Å². The van der Waals surface area contributed by atoms with Gasteiger partial charge in [0.05, 0.1) is 29.4 Å². The highest BCUT2D eigenvalue weighted by Gasteiger charge is 2.45. The zero-order valence-corrected chi connectivity index (χ0v) is 19.7. The molecule has 10 heteroatoms. The van der Waals surface area contributed by atoms with Gasteiger partial charge in [-0.05, 0) is 30.9 Å². The van der Waals surface area contributed by atoms with Crippen molar-refractivity contribution in [1.29, 1.82) is 10.5 Å². The standard InChI is InChI=1S/C21H20N6OS3/c1-11-4-5-15(30-11)16-12(10-23)18(24)27(19-25-26-20(31-19)29-7-6-22)13-8-21(2,3)9-14(28)17(13)16/h4-5,16H,7-9,24H2,1-3H3. The zero-order chi connectivity index (χ0) is 22.3. The maximum absolute atomic E-state index is 13.4. The molecule has 1 aliphatic carbocycles. The number of carbonyl (C=O) groups is 1. The molecule has 0 saturated heterocycles. The van der Waals surface area contributed by atoms with Gasteiger partial charge in [-0.15, -0.1) is 21.5 Å². The molecular formula is C21H20N6OS3. The Morgan fingerprint density at radius 1 is 1.29 bits per heavy atom. The SMILES string of the molecule is Cc1ccc(C2C(C#N)=C(N)N(c3nnc(SCC#N)s3)C3=C2C(=O)CC(C)(C)C3)s1. The third-order valence-electron chi connectivity index (χ3n) is 5.27. The fraction of sp³-hybridized carbons (Fsp3) is 0.381. The summed E-state index contributed by atoms with van der Waals surface area (Å²) >= 11 is 4.18. The Morgan fingerprint density at radius 3 is 2.71 bits per heavy atom. The third-order valence-corrected chi connectivity index (χ3v) is 8.25. The number of hydrogen-bond donors (Lipinski definition) is 1. The summed E-state index contributed by atoms with van der Waals surface area (Å²) in [6.07, 6.45) is 1.05. The van der Waals surface area contributed by atoms with Crippen molar-refractivity contribution in [2.75, 3.05) is 10.7 Å². The van der Waals surface area contributed by atoms with Crippen LogP contribution in [0.15, 0.2) is 39.1 Å². The summed E-state index contributed by atoms with van der Waals surface area (Å²) in [6.45, 7) is 6.13. The van der Waals surface area contributed by atoms with Crippen LogP contribution in [0, 0.1) is 35.0 Å². The molecule has 2 aromatic rings. The van der Waals surface area contributed by atoms with Crippen molar-refractivity contribution in [2.45, 2.75) is 43.9 Å². The quantitative estimate of drug-likeness (QED) is 0.653. The molecule has 0 saturated carbocycles. The number of nitrogens with zero attached hydrogens (tertiary/aromatic N) is 5. The first kappa shape index (κ1) is 21.6. The van der Waals surface area contributed by atoms with E-state index in [0.29, 0.717) is 33.5 Å². The normalized spacial score (nSPS) is 20.5. The number of thiophene rings is 1. The van der Waals surface area contributed by atoms with Crippen LogP contribution in [-0.4, -0.2) is 21.7 Å². The second-order valence-corrected chi connectivity index (χ2v) is 11.7. The van der Waals surface area contributed by atoms with Gasteiger partial charge in [0.2, 0.25) is 5.13 Å². The van der Waals surface area contributed by atoms with Crippen LogP contribution in [-0.2, 0) is 4.79 Å². The van der Waals surface area contributed by atoms with Gasteiger partial charge >= 0.3 is 0 Å². The van der Waals surface area contributed by atoms with E-state index >= 15 is 0 Å². The largest absolute Gasteiger partial charge is 0.384 e. The Labute approximate surface area is 192 Å². The van der Waals surface area contributed by atoms with E-state index in [4.69, 9.17) is 11.0 Å². The molecule has 0 spiro atoms. The number of nitrogens with two attached hydrogens (primary N) is 1. The first-order valence-electron chi connectivity index (χ1n) is 9.61. The number of ketones is 1. The molecule has 2 aromatic heterocycles. The topological polar surface area (TPSA) is 120 Å². The second kappa shape index (κ2) is 8.12. The van der Waals surface area contributed by atoms with Crippen molar-refractivity contribution >= 4 is 45.4 Å². The number of hydrogen-bond acceptors (Lipinski definition) is 10. The number of allylic oxidation sites excluding steroid dienone is 3. The number of Topliss-reactive ketones (excluding diaryl/α,β-unsaturated/α-hetero) is 1. The van der Waals surface area contributed by atoms with Crippen LogP contribution in [0.2, 0.25) is 0 Å². The lowest BCUT2D eigenvalue weighted by Crippen LogP contribution is -2.42. The number of carbonyl (C=O) groups excluding carboxylic acids is 1. The van der Waals surface area contributed by atoms with E-state index in [-0.39, 0.29) is 22.8 Å². The Balaban J connectivity index is 1.91. The van der Waals surface area contributed by atoms with Crippen molar-refractivity contribution in [3.05, 3.63) is 44.6 Å². The number of aromatic nitrogens is 2. The van der Waals surface area contributed by atoms with E-state index in [9.17, 15) is 10.1 Å². The number of thioether (sulfide) groups is 1. The molecule has 0 aromatic carbocycles. The predicted octanol–water partition coefficient (Wildman–Crippen LogP) is 4.46. The van der Waals surface area contributed by atoms with E-state index < -0.39 is 5.92 Å². The fourth-order valence-corrected chi connectivity index (χ4v) is 6.61. The second-order valence-electron chi connectivity index (χ2n) is 8.23. The van der Waals surface area contributed by atoms with E-state index in [1.165, 1.54) is 23.1 Å². The van der Waals surface area contributed by atoms with Gasteiger partial charge in [0, 0.05) is 27.4 Å².